The fourth-order valence-electron chi connectivity index (χ4n) is 3.91. The van der Waals surface area contributed by atoms with Gasteiger partial charge in [-0.05, 0) is 51.9 Å². The van der Waals surface area contributed by atoms with E-state index >= 15 is 0 Å². The summed E-state index contributed by atoms with van der Waals surface area (Å²) < 4.78 is 1.77. The molecule has 1 N–H and O–H groups in total. The summed E-state index contributed by atoms with van der Waals surface area (Å²) in [5.41, 5.74) is 2.81. The number of carbonyl (C=O) groups excluding carboxylic acids is 1. The number of rotatable bonds is 4. The highest BCUT2D eigenvalue weighted by molar-refractivity contribution is 5.94. The van der Waals surface area contributed by atoms with Crippen LogP contribution in [0.5, 0.6) is 0 Å². The minimum atomic E-state index is 0.0635. The number of anilines is 1. The van der Waals surface area contributed by atoms with Crippen LogP contribution in [0.2, 0.25) is 0 Å². The summed E-state index contributed by atoms with van der Waals surface area (Å²) in [5, 5.41) is 8.16. The molecule has 1 aliphatic rings. The lowest BCUT2D eigenvalue weighted by atomic mass is 9.85. The number of aromatic nitrogens is 4. The summed E-state index contributed by atoms with van der Waals surface area (Å²) in [6.45, 7) is 0. The van der Waals surface area contributed by atoms with Crippen molar-refractivity contribution in [3.8, 4) is 11.1 Å². The molecule has 1 fully saturated rings. The van der Waals surface area contributed by atoms with Crippen molar-refractivity contribution in [1.82, 2.24) is 24.6 Å². The summed E-state index contributed by atoms with van der Waals surface area (Å²) in [5.74, 6) is 0.714. The zero-order valence-electron chi connectivity index (χ0n) is 16.6. The molecule has 0 aromatic carbocycles. The van der Waals surface area contributed by atoms with E-state index in [0.29, 0.717) is 11.9 Å². The smallest absolute Gasteiger partial charge is 0.228 e. The number of aryl methyl sites for hydroxylation is 1. The number of amides is 1. The van der Waals surface area contributed by atoms with Gasteiger partial charge in [0.15, 0.2) is 0 Å². The first-order chi connectivity index (χ1) is 13.5. The molecule has 3 aromatic heterocycles. The van der Waals surface area contributed by atoms with E-state index < -0.39 is 0 Å². The maximum atomic E-state index is 12.7. The molecule has 0 radical (unpaired) electrons. The van der Waals surface area contributed by atoms with Crippen molar-refractivity contribution in [3.05, 3.63) is 36.9 Å². The number of nitrogens with one attached hydrogen (secondary N) is 1. The van der Waals surface area contributed by atoms with Crippen LogP contribution in [-0.2, 0) is 11.8 Å². The van der Waals surface area contributed by atoms with Gasteiger partial charge in [0, 0.05) is 47.9 Å². The molecular formula is C21H26N6O. The van der Waals surface area contributed by atoms with E-state index in [0.717, 1.165) is 47.7 Å². The van der Waals surface area contributed by atoms with Crippen LogP contribution in [0.25, 0.3) is 22.0 Å². The molecule has 0 aliphatic heterocycles. The highest BCUT2D eigenvalue weighted by Gasteiger charge is 2.27. The van der Waals surface area contributed by atoms with E-state index in [9.17, 15) is 4.79 Å². The van der Waals surface area contributed by atoms with Gasteiger partial charge in [0.1, 0.15) is 5.82 Å². The van der Waals surface area contributed by atoms with Crippen LogP contribution in [0.4, 0.5) is 5.82 Å². The third kappa shape index (κ3) is 3.89. The van der Waals surface area contributed by atoms with Gasteiger partial charge in [-0.25, -0.2) is 4.98 Å². The number of nitrogens with zero attached hydrogens (tertiary/aromatic N) is 5. The van der Waals surface area contributed by atoms with E-state index in [1.165, 1.54) is 0 Å². The third-order valence-corrected chi connectivity index (χ3v) is 5.65. The van der Waals surface area contributed by atoms with Gasteiger partial charge in [0.05, 0.1) is 17.9 Å². The Morgan fingerprint density at radius 2 is 1.86 bits per heavy atom. The van der Waals surface area contributed by atoms with Crippen LogP contribution in [0.15, 0.2) is 36.9 Å². The van der Waals surface area contributed by atoms with Crippen LogP contribution in [0.3, 0.4) is 0 Å². The second-order valence-electron chi connectivity index (χ2n) is 7.85. The Hall–Kier alpha value is -2.80. The van der Waals surface area contributed by atoms with Gasteiger partial charge in [-0.1, -0.05) is 0 Å². The number of fused-ring (bicyclic) bond motifs is 1. The van der Waals surface area contributed by atoms with Crippen LogP contribution < -0.4 is 5.32 Å². The Bertz CT molecular complexity index is 987. The summed E-state index contributed by atoms with van der Waals surface area (Å²) in [6.07, 6.45) is 11.3. The van der Waals surface area contributed by atoms with E-state index in [1.807, 2.05) is 31.7 Å². The van der Waals surface area contributed by atoms with Crippen molar-refractivity contribution in [2.75, 3.05) is 19.4 Å². The maximum Gasteiger partial charge on any atom is 0.228 e. The molecule has 1 saturated carbocycles. The molecule has 1 aliphatic carbocycles. The number of hydrogen-bond acceptors (Lipinski definition) is 5. The average Bonchev–Trinajstić information content (AvgIpc) is 3.14. The quantitative estimate of drug-likeness (QED) is 0.755. The first kappa shape index (κ1) is 18.6. The van der Waals surface area contributed by atoms with Crippen molar-refractivity contribution in [2.45, 2.75) is 31.7 Å². The first-order valence-electron chi connectivity index (χ1n) is 9.72. The van der Waals surface area contributed by atoms with E-state index in [2.05, 4.69) is 45.4 Å². The lowest BCUT2D eigenvalue weighted by molar-refractivity contribution is -0.121. The summed E-state index contributed by atoms with van der Waals surface area (Å²) in [6, 6.07) is 4.53. The van der Waals surface area contributed by atoms with Crippen molar-refractivity contribution in [2.24, 2.45) is 13.0 Å². The van der Waals surface area contributed by atoms with Crippen LogP contribution >= 0.6 is 0 Å². The fourth-order valence-corrected chi connectivity index (χ4v) is 3.91. The average molecular weight is 378 g/mol. The molecule has 28 heavy (non-hydrogen) atoms. The first-order valence-corrected chi connectivity index (χ1v) is 9.72. The third-order valence-electron chi connectivity index (χ3n) is 5.65. The van der Waals surface area contributed by atoms with Gasteiger partial charge in [0.2, 0.25) is 5.91 Å². The van der Waals surface area contributed by atoms with Crippen molar-refractivity contribution in [3.63, 3.8) is 0 Å². The summed E-state index contributed by atoms with van der Waals surface area (Å²) in [7, 11) is 6.11. The zero-order chi connectivity index (χ0) is 19.7. The normalized spacial score (nSPS) is 19.9. The standard InChI is InChI=1S/C21H26N6O/c1-26(2)18-6-4-14(5-7-18)21(28)25-20-9-15-8-16(10-22-19(15)12-23-20)17-11-24-27(3)13-17/h8-14,18H,4-7H2,1-3H3,(H,23,25,28)/t14-,18-. The Balaban J connectivity index is 1.49. The lowest BCUT2D eigenvalue weighted by Crippen LogP contribution is -2.35. The van der Waals surface area contributed by atoms with Crippen LogP contribution in [-0.4, -0.2) is 50.7 Å². The van der Waals surface area contributed by atoms with Crippen LogP contribution in [0, 0.1) is 5.92 Å². The van der Waals surface area contributed by atoms with Crippen molar-refractivity contribution in [1.29, 1.82) is 0 Å². The second kappa shape index (κ2) is 7.67. The van der Waals surface area contributed by atoms with E-state index in [4.69, 9.17) is 0 Å². The van der Waals surface area contributed by atoms with Gasteiger partial charge in [0.25, 0.3) is 0 Å². The van der Waals surface area contributed by atoms with Gasteiger partial charge in [-0.2, -0.15) is 5.10 Å². The Kier molecular flexibility index (Phi) is 5.09. The van der Waals surface area contributed by atoms with E-state index in [-0.39, 0.29) is 11.8 Å². The molecule has 4 rings (SSSR count). The minimum Gasteiger partial charge on any atom is -0.310 e. The zero-order valence-corrected chi connectivity index (χ0v) is 16.6. The molecule has 0 unspecified atom stereocenters. The molecule has 1 amide bonds. The van der Waals surface area contributed by atoms with E-state index in [1.54, 1.807) is 10.9 Å². The predicted molar refractivity (Wildman–Crippen MR) is 110 cm³/mol. The Morgan fingerprint density at radius 1 is 1.07 bits per heavy atom. The number of hydrogen-bond donors (Lipinski definition) is 1. The highest BCUT2D eigenvalue weighted by Crippen LogP contribution is 2.28. The number of carbonyl (C=O) groups is 1. The lowest BCUT2D eigenvalue weighted by Gasteiger charge is -2.31. The maximum absolute atomic E-state index is 12.7. The highest BCUT2D eigenvalue weighted by atomic mass is 16.1. The summed E-state index contributed by atoms with van der Waals surface area (Å²) in [4.78, 5) is 23.8. The second-order valence-corrected chi connectivity index (χ2v) is 7.85. The molecule has 7 heteroatoms. The van der Waals surface area contributed by atoms with Gasteiger partial charge < -0.3 is 10.2 Å². The largest absolute Gasteiger partial charge is 0.310 e. The molecule has 0 spiro atoms. The topological polar surface area (TPSA) is 75.9 Å². The fraction of sp³-hybridized carbons (Fsp3) is 0.429. The van der Waals surface area contributed by atoms with Gasteiger partial charge in [-0.3, -0.25) is 14.5 Å². The molecule has 0 saturated heterocycles. The molecular weight excluding hydrogens is 352 g/mol. The summed E-state index contributed by atoms with van der Waals surface area (Å²) >= 11 is 0. The molecule has 0 bridgehead atoms. The molecule has 7 nitrogen and oxygen atoms in total. The number of pyridine rings is 2. The predicted octanol–water partition coefficient (Wildman–Crippen LogP) is 3.09. The van der Waals surface area contributed by atoms with Crippen molar-refractivity contribution >= 4 is 22.6 Å². The molecule has 0 atom stereocenters. The Morgan fingerprint density at radius 3 is 2.54 bits per heavy atom. The monoisotopic (exact) mass is 378 g/mol. The molecule has 3 heterocycles. The van der Waals surface area contributed by atoms with Gasteiger partial charge >= 0.3 is 0 Å². The van der Waals surface area contributed by atoms with Gasteiger partial charge in [-0.15, -0.1) is 0 Å². The van der Waals surface area contributed by atoms with Crippen LogP contribution in [0.1, 0.15) is 25.7 Å². The van der Waals surface area contributed by atoms with Crippen molar-refractivity contribution < 1.29 is 4.79 Å². The molecule has 146 valence electrons. The Labute approximate surface area is 164 Å². The SMILES string of the molecule is Cn1cc(-c2cnc3cnc(NC(=O)[C@H]4CC[C@H](N(C)C)CC4)cc3c2)cn1. The molecule has 3 aromatic rings. The minimum absolute atomic E-state index is 0.0635.